The van der Waals surface area contributed by atoms with E-state index in [1.165, 1.54) is 5.56 Å². The van der Waals surface area contributed by atoms with Crippen molar-refractivity contribution in [2.24, 2.45) is 0 Å². The van der Waals surface area contributed by atoms with E-state index in [1.807, 2.05) is 59.5 Å². The van der Waals surface area contributed by atoms with Gasteiger partial charge in [0, 0.05) is 55.0 Å². The zero-order chi connectivity index (χ0) is 22.2. The lowest BCUT2D eigenvalue weighted by molar-refractivity contribution is 0.343. The van der Waals surface area contributed by atoms with E-state index in [1.54, 1.807) is 0 Å². The van der Waals surface area contributed by atoms with E-state index in [2.05, 4.69) is 50.0 Å². The van der Waals surface area contributed by atoms with Crippen molar-refractivity contribution in [2.75, 3.05) is 38.5 Å². The molecule has 0 unspecified atom stereocenters. The number of anilines is 1. The number of nitrogens with one attached hydrogen (secondary N) is 2. The molecule has 4 rings (SSSR count). The molecule has 0 amide bonds. The summed E-state index contributed by atoms with van der Waals surface area (Å²) in [5.74, 6) is 0. The molecule has 0 aliphatic heterocycles. The molecule has 0 spiro atoms. The quantitative estimate of drug-likeness (QED) is 0.340. The maximum absolute atomic E-state index is 6.07. The van der Waals surface area contributed by atoms with Crippen LogP contribution in [0.2, 0.25) is 5.02 Å². The summed E-state index contributed by atoms with van der Waals surface area (Å²) in [5, 5.41) is 17.2. The summed E-state index contributed by atoms with van der Waals surface area (Å²) >= 11 is 6.07. The maximum Gasteiger partial charge on any atom is 0.0964 e. The number of hydrogen-bond acceptors (Lipinski definition) is 6. The highest BCUT2D eigenvalue weighted by Crippen LogP contribution is 2.24. The lowest BCUT2D eigenvalue weighted by Gasteiger charge is -2.18. The van der Waals surface area contributed by atoms with Crippen LogP contribution in [0.4, 0.5) is 5.69 Å². The van der Waals surface area contributed by atoms with Crippen molar-refractivity contribution in [2.45, 2.75) is 13.1 Å². The zero-order valence-electron chi connectivity index (χ0n) is 18.2. The normalized spacial score (nSPS) is 11.3. The topological polar surface area (TPSA) is 70.9 Å². The first-order valence-electron chi connectivity index (χ1n) is 10.8. The summed E-state index contributed by atoms with van der Waals surface area (Å²) in [6.07, 6.45) is 3.81. The summed E-state index contributed by atoms with van der Waals surface area (Å²) in [7, 11) is 2.13. The number of rotatable bonds is 11. The standard InChI is InChI=1S/C24H28ClN7/c1-31(14-12-28-23-9-10-27-24-15-20(25)7-8-22(23)24)13-11-26-16-21-18-32(30-29-21)17-19-5-3-2-4-6-19/h2-10,15,18,26H,11-14,16-17H2,1H3,(H,27,28). The van der Waals surface area contributed by atoms with Gasteiger partial charge in [0.1, 0.15) is 0 Å². The van der Waals surface area contributed by atoms with Crippen LogP contribution < -0.4 is 10.6 Å². The fourth-order valence-electron chi connectivity index (χ4n) is 3.52. The Balaban J connectivity index is 1.15. The molecule has 32 heavy (non-hydrogen) atoms. The van der Waals surface area contributed by atoms with Crippen molar-refractivity contribution >= 4 is 28.2 Å². The van der Waals surface area contributed by atoms with Gasteiger partial charge >= 0.3 is 0 Å². The minimum Gasteiger partial charge on any atom is -0.383 e. The van der Waals surface area contributed by atoms with Gasteiger partial charge in [0.15, 0.2) is 0 Å². The summed E-state index contributed by atoms with van der Waals surface area (Å²) < 4.78 is 1.88. The Labute approximate surface area is 193 Å². The molecule has 2 aromatic carbocycles. The predicted octanol–water partition coefficient (Wildman–Crippen LogP) is 3.66. The van der Waals surface area contributed by atoms with Gasteiger partial charge in [-0.25, -0.2) is 4.68 Å². The van der Waals surface area contributed by atoms with Crippen LogP contribution in [0.1, 0.15) is 11.3 Å². The lowest BCUT2D eigenvalue weighted by Crippen LogP contribution is -2.32. The van der Waals surface area contributed by atoms with Gasteiger partial charge in [0.2, 0.25) is 0 Å². The molecule has 7 nitrogen and oxygen atoms in total. The number of fused-ring (bicyclic) bond motifs is 1. The molecule has 166 valence electrons. The van der Waals surface area contributed by atoms with Crippen LogP contribution >= 0.6 is 11.6 Å². The third kappa shape index (κ3) is 6.26. The fourth-order valence-corrected chi connectivity index (χ4v) is 3.69. The van der Waals surface area contributed by atoms with Crippen molar-refractivity contribution in [3.05, 3.63) is 83.3 Å². The predicted molar refractivity (Wildman–Crippen MR) is 130 cm³/mol. The molecule has 0 aliphatic rings. The van der Waals surface area contributed by atoms with E-state index < -0.39 is 0 Å². The maximum atomic E-state index is 6.07. The third-order valence-electron chi connectivity index (χ3n) is 5.26. The average molecular weight is 450 g/mol. The van der Waals surface area contributed by atoms with Gasteiger partial charge in [-0.05, 0) is 36.9 Å². The van der Waals surface area contributed by atoms with E-state index in [9.17, 15) is 0 Å². The number of aromatic nitrogens is 4. The smallest absolute Gasteiger partial charge is 0.0964 e. The van der Waals surface area contributed by atoms with Crippen molar-refractivity contribution in [1.82, 2.24) is 30.2 Å². The Morgan fingerprint density at radius 3 is 2.75 bits per heavy atom. The van der Waals surface area contributed by atoms with Crippen molar-refractivity contribution in [3.8, 4) is 0 Å². The molecule has 4 aromatic rings. The van der Waals surface area contributed by atoms with Gasteiger partial charge in [-0.2, -0.15) is 0 Å². The van der Waals surface area contributed by atoms with Gasteiger partial charge in [0.05, 0.1) is 24.0 Å². The minimum absolute atomic E-state index is 0.702. The Bertz CT molecular complexity index is 1130. The Kier molecular flexibility index (Phi) is 7.66. The van der Waals surface area contributed by atoms with Gasteiger partial charge in [-0.15, -0.1) is 5.10 Å². The van der Waals surface area contributed by atoms with Crippen molar-refractivity contribution in [1.29, 1.82) is 0 Å². The molecule has 2 N–H and O–H groups in total. The summed E-state index contributed by atoms with van der Waals surface area (Å²) in [5.41, 5.74) is 4.16. The van der Waals surface area contributed by atoms with Crippen LogP contribution in [-0.2, 0) is 13.1 Å². The Morgan fingerprint density at radius 2 is 1.88 bits per heavy atom. The molecule has 8 heteroatoms. The second kappa shape index (κ2) is 11.0. The molecular formula is C24H28ClN7. The minimum atomic E-state index is 0.702. The Morgan fingerprint density at radius 1 is 1.03 bits per heavy atom. The van der Waals surface area contributed by atoms with Crippen LogP contribution in [0, 0.1) is 0 Å². The van der Waals surface area contributed by atoms with Gasteiger partial charge in [-0.1, -0.05) is 47.1 Å². The number of nitrogens with zero attached hydrogens (tertiary/aromatic N) is 5. The second-order valence-electron chi connectivity index (χ2n) is 7.82. The lowest BCUT2D eigenvalue weighted by atomic mass is 10.2. The van der Waals surface area contributed by atoms with E-state index in [4.69, 9.17) is 11.6 Å². The van der Waals surface area contributed by atoms with E-state index in [0.29, 0.717) is 11.6 Å². The van der Waals surface area contributed by atoms with Crippen LogP contribution in [0.3, 0.4) is 0 Å². The van der Waals surface area contributed by atoms with Crippen LogP contribution in [0.5, 0.6) is 0 Å². The highest BCUT2D eigenvalue weighted by atomic mass is 35.5. The fraction of sp³-hybridized carbons (Fsp3) is 0.292. The number of hydrogen-bond donors (Lipinski definition) is 2. The Hall–Kier alpha value is -3.00. The van der Waals surface area contributed by atoms with E-state index in [-0.39, 0.29) is 0 Å². The van der Waals surface area contributed by atoms with Crippen molar-refractivity contribution < 1.29 is 0 Å². The monoisotopic (exact) mass is 449 g/mol. The summed E-state index contributed by atoms with van der Waals surface area (Å²) in [4.78, 5) is 6.69. The van der Waals surface area contributed by atoms with Crippen LogP contribution in [0.15, 0.2) is 67.0 Å². The number of benzene rings is 2. The molecule has 0 saturated heterocycles. The highest BCUT2D eigenvalue weighted by Gasteiger charge is 2.05. The number of likely N-dealkylation sites (N-methyl/N-ethyl adjacent to an activating group) is 1. The first kappa shape index (κ1) is 22.2. The molecule has 0 atom stereocenters. The van der Waals surface area contributed by atoms with Gasteiger partial charge in [0.25, 0.3) is 0 Å². The van der Waals surface area contributed by atoms with E-state index in [0.717, 1.165) is 55.0 Å². The zero-order valence-corrected chi connectivity index (χ0v) is 19.0. The molecule has 0 radical (unpaired) electrons. The molecule has 0 aliphatic carbocycles. The second-order valence-corrected chi connectivity index (χ2v) is 8.26. The van der Waals surface area contributed by atoms with Crippen molar-refractivity contribution in [3.63, 3.8) is 0 Å². The first-order valence-corrected chi connectivity index (χ1v) is 11.2. The number of pyridine rings is 1. The van der Waals surface area contributed by atoms with Crippen LogP contribution in [0.25, 0.3) is 10.9 Å². The summed E-state index contributed by atoms with van der Waals surface area (Å²) in [6, 6.07) is 18.1. The highest BCUT2D eigenvalue weighted by molar-refractivity contribution is 6.31. The molecule has 2 heterocycles. The van der Waals surface area contributed by atoms with Gasteiger partial charge in [-0.3, -0.25) is 4.98 Å². The largest absolute Gasteiger partial charge is 0.383 e. The molecule has 2 aromatic heterocycles. The molecule has 0 saturated carbocycles. The van der Waals surface area contributed by atoms with Crippen LogP contribution in [-0.4, -0.2) is 58.1 Å². The molecule has 0 bridgehead atoms. The molecule has 0 fully saturated rings. The summed E-state index contributed by atoms with van der Waals surface area (Å²) in [6.45, 7) is 5.08. The molecular weight excluding hydrogens is 422 g/mol. The van der Waals surface area contributed by atoms with Gasteiger partial charge < -0.3 is 15.5 Å². The SMILES string of the molecule is CN(CCNCc1cn(Cc2ccccc2)nn1)CCNc1ccnc2cc(Cl)ccc12. The first-order chi connectivity index (χ1) is 15.7. The van der Waals surface area contributed by atoms with E-state index >= 15 is 0 Å². The number of halogens is 1. The third-order valence-corrected chi connectivity index (χ3v) is 5.50. The average Bonchev–Trinajstić information content (AvgIpc) is 3.24.